The molecular formula is C21H21F2N3O2S. The van der Waals surface area contributed by atoms with E-state index in [0.29, 0.717) is 28.5 Å². The van der Waals surface area contributed by atoms with E-state index in [9.17, 15) is 18.4 Å². The summed E-state index contributed by atoms with van der Waals surface area (Å²) in [5.74, 6) is -2.03. The largest absolute Gasteiger partial charge is 0.325 e. The highest BCUT2D eigenvalue weighted by Crippen LogP contribution is 2.20. The van der Waals surface area contributed by atoms with Crippen LogP contribution < -0.4 is 10.9 Å². The van der Waals surface area contributed by atoms with Crippen LogP contribution in [0.1, 0.15) is 20.3 Å². The van der Waals surface area contributed by atoms with Crippen molar-refractivity contribution in [3.05, 3.63) is 64.5 Å². The lowest BCUT2D eigenvalue weighted by Gasteiger charge is -2.14. The molecule has 1 N–H and O–H groups in total. The topological polar surface area (TPSA) is 64.0 Å². The average Bonchev–Trinajstić information content (AvgIpc) is 2.68. The predicted molar refractivity (Wildman–Crippen MR) is 111 cm³/mol. The molecule has 1 aromatic heterocycles. The van der Waals surface area contributed by atoms with Crippen molar-refractivity contribution in [1.29, 1.82) is 0 Å². The number of carbonyl (C=O) groups is 1. The van der Waals surface area contributed by atoms with Crippen molar-refractivity contribution in [2.45, 2.75) is 32.0 Å². The van der Waals surface area contributed by atoms with Crippen LogP contribution in [-0.4, -0.2) is 21.2 Å². The summed E-state index contributed by atoms with van der Waals surface area (Å²) in [6.45, 7) is 4.64. The van der Waals surface area contributed by atoms with Gasteiger partial charge < -0.3 is 5.32 Å². The summed E-state index contributed by atoms with van der Waals surface area (Å²) in [5.41, 5.74) is 0.597. The van der Waals surface area contributed by atoms with E-state index in [0.717, 1.165) is 30.3 Å². The molecule has 0 radical (unpaired) electrons. The van der Waals surface area contributed by atoms with Crippen LogP contribution >= 0.6 is 11.8 Å². The maximum absolute atomic E-state index is 13.3. The lowest BCUT2D eigenvalue weighted by Crippen LogP contribution is -2.25. The molecule has 0 fully saturated rings. The van der Waals surface area contributed by atoms with Crippen LogP contribution in [0.2, 0.25) is 0 Å². The monoisotopic (exact) mass is 417 g/mol. The van der Waals surface area contributed by atoms with E-state index in [1.165, 1.54) is 6.07 Å². The molecule has 0 atom stereocenters. The van der Waals surface area contributed by atoms with Gasteiger partial charge in [0.2, 0.25) is 5.91 Å². The molecule has 0 unspecified atom stereocenters. The Labute approximate surface area is 171 Å². The molecule has 0 aliphatic carbocycles. The molecule has 0 saturated heterocycles. The third-order valence-corrected chi connectivity index (χ3v) is 5.27. The predicted octanol–water partition coefficient (Wildman–Crippen LogP) is 4.45. The molecule has 0 saturated carbocycles. The molecule has 1 heterocycles. The maximum Gasteiger partial charge on any atom is 0.262 e. The Morgan fingerprint density at radius 2 is 1.93 bits per heavy atom. The van der Waals surface area contributed by atoms with E-state index < -0.39 is 17.5 Å². The number of hydrogen-bond acceptors (Lipinski definition) is 4. The summed E-state index contributed by atoms with van der Waals surface area (Å²) < 4.78 is 27.9. The first kappa shape index (κ1) is 21.0. The fourth-order valence-corrected chi connectivity index (χ4v) is 3.57. The number of anilines is 1. The number of nitrogens with one attached hydrogen (secondary N) is 1. The molecule has 0 bridgehead atoms. The van der Waals surface area contributed by atoms with Gasteiger partial charge in [-0.1, -0.05) is 37.7 Å². The number of benzene rings is 2. The number of thioether (sulfide) groups is 1. The van der Waals surface area contributed by atoms with Crippen molar-refractivity contribution >= 4 is 34.3 Å². The lowest BCUT2D eigenvalue weighted by molar-refractivity contribution is -0.113. The van der Waals surface area contributed by atoms with Gasteiger partial charge in [-0.05, 0) is 36.6 Å². The molecule has 3 aromatic rings. The second kappa shape index (κ2) is 9.17. The fourth-order valence-electron chi connectivity index (χ4n) is 2.74. The van der Waals surface area contributed by atoms with Gasteiger partial charge >= 0.3 is 0 Å². The minimum Gasteiger partial charge on any atom is -0.325 e. The second-order valence-corrected chi connectivity index (χ2v) is 7.96. The highest BCUT2D eigenvalue weighted by atomic mass is 32.2. The number of fused-ring (bicyclic) bond motifs is 1. The maximum atomic E-state index is 13.3. The van der Waals surface area contributed by atoms with Crippen LogP contribution in [0, 0.1) is 17.6 Å². The minimum absolute atomic E-state index is 0.0224. The summed E-state index contributed by atoms with van der Waals surface area (Å²) in [5, 5.41) is 3.51. The van der Waals surface area contributed by atoms with Crippen LogP contribution in [0.25, 0.3) is 10.9 Å². The number of rotatable bonds is 7. The Morgan fingerprint density at radius 1 is 1.17 bits per heavy atom. The van der Waals surface area contributed by atoms with E-state index in [4.69, 9.17) is 0 Å². The van der Waals surface area contributed by atoms with Gasteiger partial charge in [0, 0.05) is 18.3 Å². The molecule has 2 aromatic carbocycles. The summed E-state index contributed by atoms with van der Waals surface area (Å²) in [4.78, 5) is 29.7. The molecule has 29 heavy (non-hydrogen) atoms. The zero-order valence-electron chi connectivity index (χ0n) is 16.1. The van der Waals surface area contributed by atoms with Crippen molar-refractivity contribution in [2.75, 3.05) is 11.1 Å². The quantitative estimate of drug-likeness (QED) is 0.456. The normalized spacial score (nSPS) is 11.2. The van der Waals surface area contributed by atoms with Crippen LogP contribution in [0.5, 0.6) is 0 Å². The number of carbonyl (C=O) groups excluding carboxylic acids is 1. The molecule has 0 spiro atoms. The Kier molecular flexibility index (Phi) is 6.64. The van der Waals surface area contributed by atoms with E-state index in [1.807, 2.05) is 0 Å². The molecule has 3 rings (SSSR count). The second-order valence-electron chi connectivity index (χ2n) is 7.02. The summed E-state index contributed by atoms with van der Waals surface area (Å²) in [7, 11) is 0. The van der Waals surface area contributed by atoms with Gasteiger partial charge in [-0.2, -0.15) is 0 Å². The number of amides is 1. The first-order valence-electron chi connectivity index (χ1n) is 9.22. The first-order valence-corrected chi connectivity index (χ1v) is 10.2. The summed E-state index contributed by atoms with van der Waals surface area (Å²) in [6, 6.07) is 10.2. The zero-order valence-corrected chi connectivity index (χ0v) is 16.9. The minimum atomic E-state index is -1.03. The SMILES string of the molecule is CC(C)CCn1c(SCC(=O)Nc2ccc(F)c(F)c2)nc2ccccc2c1=O. The van der Waals surface area contributed by atoms with Gasteiger partial charge in [0.25, 0.3) is 5.56 Å². The Morgan fingerprint density at radius 3 is 2.66 bits per heavy atom. The van der Waals surface area contributed by atoms with Gasteiger partial charge in [-0.15, -0.1) is 0 Å². The third-order valence-electron chi connectivity index (χ3n) is 4.29. The number of nitrogens with zero attached hydrogens (tertiary/aromatic N) is 2. The van der Waals surface area contributed by atoms with Crippen LogP contribution in [0.15, 0.2) is 52.4 Å². The molecule has 5 nitrogen and oxygen atoms in total. The molecule has 0 aliphatic rings. The van der Waals surface area contributed by atoms with Crippen LogP contribution in [0.3, 0.4) is 0 Å². The molecule has 8 heteroatoms. The van der Waals surface area contributed by atoms with Gasteiger partial charge in [-0.25, -0.2) is 13.8 Å². The van der Waals surface area contributed by atoms with Crippen molar-refractivity contribution in [3.8, 4) is 0 Å². The Hall–Kier alpha value is -2.74. The van der Waals surface area contributed by atoms with Gasteiger partial charge in [0.05, 0.1) is 16.7 Å². The number of hydrogen-bond donors (Lipinski definition) is 1. The van der Waals surface area contributed by atoms with E-state index >= 15 is 0 Å². The van der Waals surface area contributed by atoms with Gasteiger partial charge in [0.15, 0.2) is 16.8 Å². The molecule has 0 aliphatic heterocycles. The number of halogens is 2. The molecule has 1 amide bonds. The van der Waals surface area contributed by atoms with Gasteiger partial charge in [0.1, 0.15) is 0 Å². The zero-order chi connectivity index (χ0) is 21.0. The van der Waals surface area contributed by atoms with E-state index in [2.05, 4.69) is 24.1 Å². The third kappa shape index (κ3) is 5.20. The van der Waals surface area contributed by atoms with E-state index in [1.54, 1.807) is 28.8 Å². The smallest absolute Gasteiger partial charge is 0.262 e. The lowest BCUT2D eigenvalue weighted by atomic mass is 10.1. The summed E-state index contributed by atoms with van der Waals surface area (Å²) in [6.07, 6.45) is 0.800. The fraction of sp³-hybridized carbons (Fsp3) is 0.286. The van der Waals surface area contributed by atoms with Crippen LogP contribution in [0.4, 0.5) is 14.5 Å². The van der Waals surface area contributed by atoms with Crippen molar-refractivity contribution in [1.82, 2.24) is 9.55 Å². The Bertz CT molecular complexity index is 1100. The van der Waals surface area contributed by atoms with Crippen molar-refractivity contribution < 1.29 is 13.6 Å². The number of aromatic nitrogens is 2. The molecular weight excluding hydrogens is 396 g/mol. The van der Waals surface area contributed by atoms with E-state index in [-0.39, 0.29) is 17.0 Å². The standard InChI is InChI=1S/C21H21F2N3O2S/c1-13(2)9-10-26-20(28)15-5-3-4-6-18(15)25-21(26)29-12-19(27)24-14-7-8-16(22)17(23)11-14/h3-8,11,13H,9-10,12H2,1-2H3,(H,24,27). The highest BCUT2D eigenvalue weighted by molar-refractivity contribution is 7.99. The summed E-state index contributed by atoms with van der Waals surface area (Å²) >= 11 is 1.13. The van der Waals surface area contributed by atoms with Crippen molar-refractivity contribution in [2.24, 2.45) is 5.92 Å². The highest BCUT2D eigenvalue weighted by Gasteiger charge is 2.14. The average molecular weight is 417 g/mol. The van der Waals surface area contributed by atoms with Crippen LogP contribution in [-0.2, 0) is 11.3 Å². The molecule has 152 valence electrons. The van der Waals surface area contributed by atoms with Crippen molar-refractivity contribution in [3.63, 3.8) is 0 Å². The van der Waals surface area contributed by atoms with Gasteiger partial charge in [-0.3, -0.25) is 14.2 Å². The first-order chi connectivity index (χ1) is 13.8. The number of para-hydroxylation sites is 1. The Balaban J connectivity index is 1.80.